The molecule has 0 radical (unpaired) electrons. The van der Waals surface area contributed by atoms with E-state index in [4.69, 9.17) is 10.5 Å². The van der Waals surface area contributed by atoms with Crippen molar-refractivity contribution in [2.45, 2.75) is 33.2 Å². The minimum Gasteiger partial charge on any atom is -0.481 e. The number of nitrogens with zero attached hydrogens (tertiary/aromatic N) is 3. The molecule has 102 valence electrons. The van der Waals surface area contributed by atoms with E-state index in [1.807, 2.05) is 17.6 Å². The number of rotatable bonds is 2. The van der Waals surface area contributed by atoms with Crippen LogP contribution in [0.2, 0.25) is 0 Å². The van der Waals surface area contributed by atoms with Crippen molar-refractivity contribution in [3.8, 4) is 17.1 Å². The predicted molar refractivity (Wildman–Crippen MR) is 76.2 cm³/mol. The Morgan fingerprint density at radius 3 is 2.37 bits per heavy atom. The van der Waals surface area contributed by atoms with Crippen molar-refractivity contribution in [2.24, 2.45) is 0 Å². The molecule has 0 aliphatic rings. The Balaban J connectivity index is 2.51. The molecule has 0 aromatic carbocycles. The number of imidazole rings is 1. The SMILES string of the molecule is COc1ccc(-c2nc(C)n(C(C)(C)C)c2N)cn1. The topological polar surface area (TPSA) is 66.0 Å². The fraction of sp³-hybridized carbons (Fsp3) is 0.429. The highest BCUT2D eigenvalue weighted by Gasteiger charge is 2.22. The lowest BCUT2D eigenvalue weighted by Crippen LogP contribution is -2.24. The first-order valence-corrected chi connectivity index (χ1v) is 6.20. The quantitative estimate of drug-likeness (QED) is 0.901. The van der Waals surface area contributed by atoms with E-state index in [9.17, 15) is 0 Å². The van der Waals surface area contributed by atoms with Gasteiger partial charge in [-0.05, 0) is 33.8 Å². The van der Waals surface area contributed by atoms with Crippen LogP contribution in [0.15, 0.2) is 18.3 Å². The van der Waals surface area contributed by atoms with Crippen LogP contribution < -0.4 is 10.5 Å². The molecule has 5 nitrogen and oxygen atoms in total. The van der Waals surface area contributed by atoms with E-state index in [1.165, 1.54) is 0 Å². The molecule has 19 heavy (non-hydrogen) atoms. The monoisotopic (exact) mass is 260 g/mol. The zero-order valence-corrected chi connectivity index (χ0v) is 12.1. The molecule has 2 heterocycles. The van der Waals surface area contributed by atoms with Gasteiger partial charge in [-0.25, -0.2) is 9.97 Å². The number of hydrogen-bond donors (Lipinski definition) is 1. The fourth-order valence-electron chi connectivity index (χ4n) is 2.25. The molecule has 0 amide bonds. The summed E-state index contributed by atoms with van der Waals surface area (Å²) in [4.78, 5) is 8.75. The molecule has 0 aliphatic heterocycles. The van der Waals surface area contributed by atoms with Gasteiger partial charge in [0.15, 0.2) is 0 Å². The van der Waals surface area contributed by atoms with Crippen molar-refractivity contribution >= 4 is 5.82 Å². The molecule has 0 spiro atoms. The van der Waals surface area contributed by atoms with Gasteiger partial charge < -0.3 is 15.0 Å². The van der Waals surface area contributed by atoms with E-state index < -0.39 is 0 Å². The summed E-state index contributed by atoms with van der Waals surface area (Å²) in [6.07, 6.45) is 1.73. The summed E-state index contributed by atoms with van der Waals surface area (Å²) >= 11 is 0. The molecule has 0 bridgehead atoms. The third kappa shape index (κ3) is 2.41. The first kappa shape index (κ1) is 13.4. The van der Waals surface area contributed by atoms with Crippen molar-refractivity contribution in [1.82, 2.24) is 14.5 Å². The van der Waals surface area contributed by atoms with E-state index in [1.54, 1.807) is 19.4 Å². The zero-order valence-electron chi connectivity index (χ0n) is 12.1. The molecular formula is C14H20N4O. The van der Waals surface area contributed by atoms with Gasteiger partial charge in [0, 0.05) is 23.4 Å². The van der Waals surface area contributed by atoms with Crippen LogP contribution in [0.4, 0.5) is 5.82 Å². The Hall–Kier alpha value is -2.04. The van der Waals surface area contributed by atoms with Crippen molar-refractivity contribution in [1.29, 1.82) is 0 Å². The van der Waals surface area contributed by atoms with Gasteiger partial charge in [0.25, 0.3) is 0 Å². The number of hydrogen-bond acceptors (Lipinski definition) is 4. The van der Waals surface area contributed by atoms with Crippen LogP contribution in [0.1, 0.15) is 26.6 Å². The molecule has 2 N–H and O–H groups in total. The zero-order chi connectivity index (χ0) is 14.2. The van der Waals surface area contributed by atoms with Gasteiger partial charge in [-0.1, -0.05) is 0 Å². The Morgan fingerprint density at radius 2 is 1.95 bits per heavy atom. The Morgan fingerprint density at radius 1 is 1.26 bits per heavy atom. The van der Waals surface area contributed by atoms with E-state index in [-0.39, 0.29) is 5.54 Å². The third-order valence-electron chi connectivity index (χ3n) is 2.97. The van der Waals surface area contributed by atoms with Crippen molar-refractivity contribution in [2.75, 3.05) is 12.8 Å². The highest BCUT2D eigenvalue weighted by atomic mass is 16.5. The maximum atomic E-state index is 6.23. The third-order valence-corrected chi connectivity index (χ3v) is 2.97. The summed E-state index contributed by atoms with van der Waals surface area (Å²) in [5, 5.41) is 0. The second-order valence-electron chi connectivity index (χ2n) is 5.49. The molecule has 0 unspecified atom stereocenters. The molecule has 2 aromatic rings. The second kappa shape index (κ2) is 4.57. The summed E-state index contributed by atoms with van der Waals surface area (Å²) in [6, 6.07) is 3.72. The van der Waals surface area contributed by atoms with Gasteiger partial charge >= 0.3 is 0 Å². The summed E-state index contributed by atoms with van der Waals surface area (Å²) in [7, 11) is 1.59. The molecule has 5 heteroatoms. The first-order valence-electron chi connectivity index (χ1n) is 6.20. The van der Waals surface area contributed by atoms with Gasteiger partial charge in [-0.3, -0.25) is 0 Å². The Bertz CT molecular complexity index is 579. The number of anilines is 1. The smallest absolute Gasteiger partial charge is 0.212 e. The van der Waals surface area contributed by atoms with E-state index >= 15 is 0 Å². The minimum atomic E-state index is -0.0979. The van der Waals surface area contributed by atoms with Crippen molar-refractivity contribution in [3.05, 3.63) is 24.2 Å². The Labute approximate surface area is 113 Å². The first-order chi connectivity index (χ1) is 8.84. The van der Waals surface area contributed by atoms with E-state index in [2.05, 4.69) is 30.7 Å². The molecule has 2 rings (SSSR count). The van der Waals surface area contributed by atoms with Gasteiger partial charge in [-0.2, -0.15) is 0 Å². The highest BCUT2D eigenvalue weighted by molar-refractivity contribution is 5.70. The van der Waals surface area contributed by atoms with Crippen molar-refractivity contribution in [3.63, 3.8) is 0 Å². The number of aromatic nitrogens is 3. The molecule has 2 aromatic heterocycles. The van der Waals surface area contributed by atoms with Crippen LogP contribution in [0.3, 0.4) is 0 Å². The normalized spacial score (nSPS) is 11.6. The average molecular weight is 260 g/mol. The standard InChI is InChI=1S/C14H20N4O/c1-9-17-12(13(15)18(9)14(2,3)4)10-6-7-11(19-5)16-8-10/h6-8H,15H2,1-5H3. The number of ether oxygens (including phenoxy) is 1. The number of pyridine rings is 1. The second-order valence-corrected chi connectivity index (χ2v) is 5.49. The van der Waals surface area contributed by atoms with E-state index in [0.29, 0.717) is 11.7 Å². The molecule has 0 saturated heterocycles. The summed E-state index contributed by atoms with van der Waals surface area (Å²) in [5.74, 6) is 2.14. The van der Waals surface area contributed by atoms with Crippen LogP contribution in [-0.2, 0) is 5.54 Å². The minimum absolute atomic E-state index is 0.0979. The number of methoxy groups -OCH3 is 1. The summed E-state index contributed by atoms with van der Waals surface area (Å²) in [5.41, 5.74) is 7.80. The molecule has 0 atom stereocenters. The van der Waals surface area contributed by atoms with Gasteiger partial charge in [0.2, 0.25) is 5.88 Å². The van der Waals surface area contributed by atoms with Gasteiger partial charge in [0.1, 0.15) is 17.3 Å². The van der Waals surface area contributed by atoms with Crippen LogP contribution in [0, 0.1) is 6.92 Å². The molecule has 0 saturated carbocycles. The Kier molecular flexibility index (Phi) is 3.22. The largest absolute Gasteiger partial charge is 0.481 e. The van der Waals surface area contributed by atoms with Crippen LogP contribution in [-0.4, -0.2) is 21.6 Å². The average Bonchev–Trinajstić information content (AvgIpc) is 2.64. The lowest BCUT2D eigenvalue weighted by atomic mass is 10.1. The fourth-order valence-corrected chi connectivity index (χ4v) is 2.25. The lowest BCUT2D eigenvalue weighted by molar-refractivity contribution is 0.393. The van der Waals surface area contributed by atoms with Crippen LogP contribution in [0.5, 0.6) is 5.88 Å². The lowest BCUT2D eigenvalue weighted by Gasteiger charge is -2.24. The van der Waals surface area contributed by atoms with E-state index in [0.717, 1.165) is 17.1 Å². The molecular weight excluding hydrogens is 240 g/mol. The maximum Gasteiger partial charge on any atom is 0.212 e. The molecule has 0 fully saturated rings. The highest BCUT2D eigenvalue weighted by Crippen LogP contribution is 2.31. The summed E-state index contributed by atoms with van der Waals surface area (Å²) in [6.45, 7) is 8.28. The molecule has 0 aliphatic carbocycles. The number of aryl methyl sites for hydroxylation is 1. The number of nitrogens with two attached hydrogens (primary N) is 1. The van der Waals surface area contributed by atoms with Gasteiger partial charge in [0.05, 0.1) is 7.11 Å². The van der Waals surface area contributed by atoms with Gasteiger partial charge in [-0.15, -0.1) is 0 Å². The maximum absolute atomic E-state index is 6.23. The van der Waals surface area contributed by atoms with Crippen LogP contribution in [0.25, 0.3) is 11.3 Å². The number of nitrogen functional groups attached to an aromatic ring is 1. The predicted octanol–water partition coefficient (Wildman–Crippen LogP) is 2.60. The summed E-state index contributed by atoms with van der Waals surface area (Å²) < 4.78 is 7.08. The van der Waals surface area contributed by atoms with Crippen molar-refractivity contribution < 1.29 is 4.74 Å². The van der Waals surface area contributed by atoms with Crippen LogP contribution >= 0.6 is 0 Å².